The Kier molecular flexibility index (Phi) is 4.80. The van der Waals surface area contributed by atoms with Gasteiger partial charge in [-0.05, 0) is 34.5 Å². The Bertz CT molecular complexity index is 629. The zero-order valence-electron chi connectivity index (χ0n) is 11.1. The quantitative estimate of drug-likeness (QED) is 0.650. The monoisotopic (exact) mass is 360 g/mol. The van der Waals surface area contributed by atoms with Gasteiger partial charge in [0.05, 0.1) is 26.9 Å². The van der Waals surface area contributed by atoms with E-state index in [2.05, 4.69) is 26.5 Å². The van der Waals surface area contributed by atoms with Gasteiger partial charge >= 0.3 is 0 Å². The Morgan fingerprint density at radius 1 is 1.55 bits per heavy atom. The van der Waals surface area contributed by atoms with E-state index in [1.54, 1.807) is 16.8 Å². The van der Waals surface area contributed by atoms with E-state index < -0.39 is 5.82 Å². The SMILES string of the molecule is Cc1nn(C)c(CC(NN)c2cccc(F)c2Cl)c1Br. The highest BCUT2D eigenvalue weighted by atomic mass is 79.9. The standard InChI is InChI=1S/C13H15BrClFN4/c1-7-12(14)11(20(2)19-7)6-10(18-17)8-4-3-5-9(16)13(8)15/h3-5,10,18H,6,17H2,1-2H3. The summed E-state index contributed by atoms with van der Waals surface area (Å²) in [6.45, 7) is 1.91. The molecule has 0 saturated carbocycles. The number of nitrogens with two attached hydrogens (primary N) is 1. The van der Waals surface area contributed by atoms with Crippen molar-refractivity contribution in [1.29, 1.82) is 0 Å². The smallest absolute Gasteiger partial charge is 0.142 e. The highest BCUT2D eigenvalue weighted by Crippen LogP contribution is 2.30. The van der Waals surface area contributed by atoms with Gasteiger partial charge in [-0.2, -0.15) is 5.10 Å². The van der Waals surface area contributed by atoms with Gasteiger partial charge in [-0.25, -0.2) is 4.39 Å². The van der Waals surface area contributed by atoms with Crippen molar-refractivity contribution in [2.75, 3.05) is 0 Å². The third-order valence-electron chi connectivity index (χ3n) is 3.22. The molecule has 0 spiro atoms. The van der Waals surface area contributed by atoms with Crippen LogP contribution in [-0.4, -0.2) is 9.78 Å². The van der Waals surface area contributed by atoms with Crippen LogP contribution in [0.5, 0.6) is 0 Å². The van der Waals surface area contributed by atoms with Gasteiger partial charge in [0.1, 0.15) is 5.82 Å². The third kappa shape index (κ3) is 2.88. The van der Waals surface area contributed by atoms with Crippen molar-refractivity contribution in [1.82, 2.24) is 15.2 Å². The highest BCUT2D eigenvalue weighted by Gasteiger charge is 2.20. The van der Waals surface area contributed by atoms with Crippen molar-refractivity contribution in [3.05, 3.63) is 50.5 Å². The second kappa shape index (κ2) is 6.22. The number of aromatic nitrogens is 2. The Balaban J connectivity index is 2.36. The maximum absolute atomic E-state index is 13.5. The molecule has 0 radical (unpaired) electrons. The maximum atomic E-state index is 13.5. The number of halogens is 3. The molecule has 2 rings (SSSR count). The molecule has 1 heterocycles. The highest BCUT2D eigenvalue weighted by molar-refractivity contribution is 9.10. The summed E-state index contributed by atoms with van der Waals surface area (Å²) in [6, 6.07) is 4.39. The van der Waals surface area contributed by atoms with Gasteiger partial charge in [-0.3, -0.25) is 16.0 Å². The average Bonchev–Trinajstić information content (AvgIpc) is 2.65. The van der Waals surface area contributed by atoms with Crippen LogP contribution in [0.25, 0.3) is 0 Å². The Morgan fingerprint density at radius 2 is 2.25 bits per heavy atom. The number of nitrogens with one attached hydrogen (secondary N) is 1. The molecule has 2 aromatic rings. The number of hydrazine groups is 1. The first-order valence-corrected chi connectivity index (χ1v) is 7.20. The molecule has 3 N–H and O–H groups in total. The first-order chi connectivity index (χ1) is 9.45. The van der Waals surface area contributed by atoms with Gasteiger partial charge in [-0.1, -0.05) is 23.7 Å². The van der Waals surface area contributed by atoms with Gasteiger partial charge in [0.15, 0.2) is 0 Å². The molecular weight excluding hydrogens is 347 g/mol. The lowest BCUT2D eigenvalue weighted by atomic mass is 10.0. The van der Waals surface area contributed by atoms with E-state index in [1.807, 2.05) is 14.0 Å². The molecule has 0 aliphatic carbocycles. The molecule has 0 fully saturated rings. The second-order valence-corrected chi connectivity index (χ2v) is 5.71. The van der Waals surface area contributed by atoms with Crippen molar-refractivity contribution in [3.8, 4) is 0 Å². The fourth-order valence-corrected chi connectivity index (χ4v) is 2.90. The molecule has 0 aliphatic heterocycles. The van der Waals surface area contributed by atoms with E-state index in [0.29, 0.717) is 12.0 Å². The summed E-state index contributed by atoms with van der Waals surface area (Å²) in [5, 5.41) is 4.41. The predicted octanol–water partition coefficient (Wildman–Crippen LogP) is 3.03. The summed E-state index contributed by atoms with van der Waals surface area (Å²) >= 11 is 9.52. The molecule has 0 aliphatic rings. The van der Waals surface area contributed by atoms with Crippen LogP contribution in [0.4, 0.5) is 4.39 Å². The Morgan fingerprint density at radius 3 is 2.80 bits per heavy atom. The number of benzene rings is 1. The van der Waals surface area contributed by atoms with Gasteiger partial charge < -0.3 is 0 Å². The van der Waals surface area contributed by atoms with Crippen LogP contribution in [-0.2, 0) is 13.5 Å². The van der Waals surface area contributed by atoms with Crippen LogP contribution < -0.4 is 11.3 Å². The minimum atomic E-state index is -0.454. The lowest BCUT2D eigenvalue weighted by Crippen LogP contribution is -2.30. The second-order valence-electron chi connectivity index (χ2n) is 4.54. The maximum Gasteiger partial charge on any atom is 0.142 e. The Labute approximate surface area is 130 Å². The van der Waals surface area contributed by atoms with Gasteiger partial charge in [0.2, 0.25) is 0 Å². The van der Waals surface area contributed by atoms with Crippen molar-refractivity contribution in [3.63, 3.8) is 0 Å². The van der Waals surface area contributed by atoms with Gasteiger partial charge in [0, 0.05) is 13.5 Å². The topological polar surface area (TPSA) is 55.9 Å². The largest absolute Gasteiger partial charge is 0.271 e. The first kappa shape index (κ1) is 15.4. The van der Waals surface area contributed by atoms with Crippen molar-refractivity contribution < 1.29 is 4.39 Å². The summed E-state index contributed by atoms with van der Waals surface area (Å²) in [5.74, 6) is 5.15. The van der Waals surface area contributed by atoms with E-state index in [1.165, 1.54) is 6.07 Å². The Hall–Kier alpha value is -0.950. The molecule has 0 bridgehead atoms. The van der Waals surface area contributed by atoms with E-state index in [4.69, 9.17) is 17.4 Å². The summed E-state index contributed by atoms with van der Waals surface area (Å²) in [6.07, 6.45) is 0.539. The average molecular weight is 362 g/mol. The van der Waals surface area contributed by atoms with E-state index in [9.17, 15) is 4.39 Å². The molecule has 0 saturated heterocycles. The van der Waals surface area contributed by atoms with Gasteiger partial charge in [-0.15, -0.1) is 0 Å². The van der Waals surface area contributed by atoms with Crippen LogP contribution in [0, 0.1) is 12.7 Å². The normalized spacial score (nSPS) is 12.7. The molecule has 1 aromatic carbocycles. The summed E-state index contributed by atoms with van der Waals surface area (Å²) in [5.41, 5.74) is 5.17. The number of hydrogen-bond donors (Lipinski definition) is 2. The molecule has 108 valence electrons. The van der Waals surface area contributed by atoms with E-state index >= 15 is 0 Å². The molecule has 20 heavy (non-hydrogen) atoms. The van der Waals surface area contributed by atoms with Crippen molar-refractivity contribution in [2.45, 2.75) is 19.4 Å². The van der Waals surface area contributed by atoms with Crippen LogP contribution in [0.3, 0.4) is 0 Å². The van der Waals surface area contributed by atoms with Gasteiger partial charge in [0.25, 0.3) is 0 Å². The van der Waals surface area contributed by atoms with Crippen LogP contribution in [0.1, 0.15) is 23.0 Å². The zero-order chi connectivity index (χ0) is 14.9. The van der Waals surface area contributed by atoms with Crippen molar-refractivity contribution in [2.24, 2.45) is 12.9 Å². The molecule has 4 nitrogen and oxygen atoms in total. The third-order valence-corrected chi connectivity index (χ3v) is 4.65. The first-order valence-electron chi connectivity index (χ1n) is 6.03. The van der Waals surface area contributed by atoms with Crippen LogP contribution in [0.2, 0.25) is 5.02 Å². The summed E-state index contributed by atoms with van der Waals surface area (Å²) < 4.78 is 16.2. The molecule has 1 atom stereocenters. The molecule has 7 heteroatoms. The summed E-state index contributed by atoms with van der Waals surface area (Å²) in [7, 11) is 1.86. The number of hydrogen-bond acceptors (Lipinski definition) is 3. The fourth-order valence-electron chi connectivity index (χ4n) is 2.14. The minimum Gasteiger partial charge on any atom is -0.271 e. The molecule has 1 aromatic heterocycles. The molecule has 0 amide bonds. The molecular formula is C13H15BrClFN4. The zero-order valence-corrected chi connectivity index (χ0v) is 13.5. The van der Waals surface area contributed by atoms with E-state index in [-0.39, 0.29) is 11.1 Å². The molecule has 1 unspecified atom stereocenters. The minimum absolute atomic E-state index is 0.0884. The van der Waals surface area contributed by atoms with E-state index in [0.717, 1.165) is 15.9 Å². The predicted molar refractivity (Wildman–Crippen MR) is 80.8 cm³/mol. The van der Waals surface area contributed by atoms with Crippen molar-refractivity contribution >= 4 is 27.5 Å². The summed E-state index contributed by atoms with van der Waals surface area (Å²) in [4.78, 5) is 0. The lowest BCUT2D eigenvalue weighted by molar-refractivity contribution is 0.524. The number of aryl methyl sites for hydroxylation is 2. The lowest BCUT2D eigenvalue weighted by Gasteiger charge is -2.18. The fraction of sp³-hybridized carbons (Fsp3) is 0.308. The number of nitrogens with zero attached hydrogens (tertiary/aromatic N) is 2. The van der Waals surface area contributed by atoms with Crippen LogP contribution >= 0.6 is 27.5 Å². The number of rotatable bonds is 4. The van der Waals surface area contributed by atoms with Crippen LogP contribution in [0.15, 0.2) is 22.7 Å².